The molecule has 0 radical (unpaired) electrons. The summed E-state index contributed by atoms with van der Waals surface area (Å²) < 4.78 is 11.2. The summed E-state index contributed by atoms with van der Waals surface area (Å²) in [7, 11) is 0. The molecule has 312 valence electrons. The van der Waals surface area contributed by atoms with Crippen LogP contribution in [0, 0.1) is 46.3 Å². The zero-order valence-electron chi connectivity index (χ0n) is 33.7. The molecule has 6 saturated carbocycles. The van der Waals surface area contributed by atoms with Gasteiger partial charge in [-0.05, 0) is 65.6 Å². The van der Waals surface area contributed by atoms with Crippen molar-refractivity contribution in [2.75, 3.05) is 13.2 Å². The first-order valence-corrected chi connectivity index (χ1v) is 22.7. The van der Waals surface area contributed by atoms with Gasteiger partial charge < -0.3 is 45.4 Å². The van der Waals surface area contributed by atoms with Gasteiger partial charge in [0.2, 0.25) is 5.91 Å². The van der Waals surface area contributed by atoms with Gasteiger partial charge in [0.1, 0.15) is 30.5 Å². The van der Waals surface area contributed by atoms with Crippen molar-refractivity contribution in [3.8, 4) is 0 Å². The highest BCUT2D eigenvalue weighted by atomic mass is 16.7. The lowest BCUT2D eigenvalue weighted by atomic mass is 8.92. The van der Waals surface area contributed by atoms with E-state index < -0.39 is 55.6 Å². The van der Waals surface area contributed by atoms with Gasteiger partial charge in [-0.1, -0.05) is 136 Å². The van der Waals surface area contributed by atoms with Gasteiger partial charge in [-0.15, -0.1) is 0 Å². The number of aliphatic hydroxyl groups is 6. The van der Waals surface area contributed by atoms with E-state index in [0.29, 0.717) is 12.8 Å². The molecule has 10 heteroatoms. The second-order valence-corrected chi connectivity index (χ2v) is 18.9. The Morgan fingerprint density at radius 2 is 1.26 bits per heavy atom. The molecule has 1 heterocycles. The fraction of sp³-hybridized carbons (Fsp3) is 0.977. The predicted molar refractivity (Wildman–Crippen MR) is 207 cm³/mol. The molecule has 0 aromatic carbocycles. The number of nitrogens with one attached hydrogen (secondary N) is 1. The highest BCUT2D eigenvalue weighted by Crippen LogP contribution is 3.11. The average Bonchev–Trinajstić information content (AvgIpc) is 3.16. The lowest BCUT2D eigenvalue weighted by Crippen LogP contribution is -3.09. The number of aliphatic hydroxyl groups excluding tert-OH is 6. The van der Waals surface area contributed by atoms with E-state index in [9.17, 15) is 35.4 Å². The van der Waals surface area contributed by atoms with Crippen molar-refractivity contribution < 1.29 is 44.9 Å². The van der Waals surface area contributed by atoms with Crippen molar-refractivity contribution in [2.24, 2.45) is 46.3 Å². The van der Waals surface area contributed by atoms with Gasteiger partial charge >= 0.3 is 0 Å². The van der Waals surface area contributed by atoms with E-state index in [0.717, 1.165) is 84.9 Å². The van der Waals surface area contributed by atoms with Crippen molar-refractivity contribution in [3.05, 3.63) is 0 Å². The van der Waals surface area contributed by atoms with Crippen LogP contribution < -0.4 is 5.32 Å². The third-order valence-corrected chi connectivity index (χ3v) is 15.8. The van der Waals surface area contributed by atoms with Crippen LogP contribution in [0.15, 0.2) is 0 Å². The molecule has 7 N–H and O–H groups in total. The maximum Gasteiger partial charge on any atom is 0.220 e. The van der Waals surface area contributed by atoms with Gasteiger partial charge in [-0.2, -0.15) is 0 Å². The Balaban J connectivity index is 0.833. The summed E-state index contributed by atoms with van der Waals surface area (Å²) in [5.41, 5.74) is 1.63. The first-order chi connectivity index (χ1) is 26.1. The van der Waals surface area contributed by atoms with Crippen molar-refractivity contribution in [2.45, 2.75) is 210 Å². The quantitative estimate of drug-likeness (QED) is 0.0435. The van der Waals surface area contributed by atoms with Crippen molar-refractivity contribution in [1.82, 2.24) is 5.32 Å². The normalized spacial score (nSPS) is 39.3. The summed E-state index contributed by atoms with van der Waals surface area (Å²) in [5.74, 6) is 6.62. The molecule has 7 aliphatic rings. The topological polar surface area (TPSA) is 169 Å². The number of ether oxygens (including phenoxy) is 2. The molecule has 1 saturated heterocycles. The first kappa shape index (κ1) is 42.7. The zero-order chi connectivity index (χ0) is 38.5. The highest BCUT2D eigenvalue weighted by Gasteiger charge is 3.07. The molecule has 0 aromatic rings. The summed E-state index contributed by atoms with van der Waals surface area (Å²) >= 11 is 0. The molecular weight excluding hydrogens is 686 g/mol. The lowest BCUT2D eigenvalue weighted by Gasteiger charge is -3.12. The van der Waals surface area contributed by atoms with E-state index in [1.165, 1.54) is 96.3 Å². The molecule has 7 rings (SSSR count). The van der Waals surface area contributed by atoms with Gasteiger partial charge in [-0.25, -0.2) is 0 Å². The van der Waals surface area contributed by atoms with Gasteiger partial charge in [0.25, 0.3) is 0 Å². The Kier molecular flexibility index (Phi) is 15.3. The van der Waals surface area contributed by atoms with Gasteiger partial charge in [0.05, 0.1) is 25.4 Å². The smallest absolute Gasteiger partial charge is 0.220 e. The van der Waals surface area contributed by atoms with Crippen molar-refractivity contribution >= 4 is 5.91 Å². The minimum atomic E-state index is -1.60. The summed E-state index contributed by atoms with van der Waals surface area (Å²) in [5, 5.41) is 65.2. The van der Waals surface area contributed by atoms with Crippen LogP contribution in [-0.4, -0.2) is 98.7 Å². The van der Waals surface area contributed by atoms with Crippen LogP contribution in [-0.2, 0) is 14.3 Å². The third-order valence-electron chi connectivity index (χ3n) is 15.8. The number of carbonyl (C=O) groups is 1. The van der Waals surface area contributed by atoms with Crippen LogP contribution in [0.5, 0.6) is 0 Å². The van der Waals surface area contributed by atoms with Crippen molar-refractivity contribution in [1.29, 1.82) is 0 Å². The molecule has 1 amide bonds. The Hall–Kier alpha value is -0.850. The summed E-state index contributed by atoms with van der Waals surface area (Å²) in [6.45, 7) is 3.94. The molecule has 0 aromatic heterocycles. The summed E-state index contributed by atoms with van der Waals surface area (Å²) in [6, 6.07) is -0.979. The Labute approximate surface area is 325 Å². The molecular formula is C44H77NO9. The maximum atomic E-state index is 13.0. The number of rotatable bonds is 31. The van der Waals surface area contributed by atoms with Crippen LogP contribution in [0.2, 0.25) is 0 Å². The van der Waals surface area contributed by atoms with E-state index in [1.54, 1.807) is 0 Å². The number of unbranched alkanes of at least 4 members (excludes halogenated alkanes) is 18. The molecule has 9 unspecified atom stereocenters. The molecule has 1 aliphatic heterocycles. The van der Waals surface area contributed by atoms with Crippen LogP contribution in [0.3, 0.4) is 0 Å². The summed E-state index contributed by atoms with van der Waals surface area (Å²) in [4.78, 5) is 13.0. The van der Waals surface area contributed by atoms with E-state index in [2.05, 4.69) is 19.2 Å². The molecule has 6 aliphatic carbocycles. The monoisotopic (exact) mass is 764 g/mol. The van der Waals surface area contributed by atoms with Crippen molar-refractivity contribution in [3.63, 3.8) is 0 Å². The van der Waals surface area contributed by atoms with E-state index in [4.69, 9.17) is 9.47 Å². The number of amides is 1. The van der Waals surface area contributed by atoms with Crippen LogP contribution in [0.1, 0.15) is 162 Å². The van der Waals surface area contributed by atoms with E-state index >= 15 is 0 Å². The third kappa shape index (κ3) is 8.08. The predicted octanol–water partition coefficient (Wildman–Crippen LogP) is 5.76. The zero-order valence-corrected chi connectivity index (χ0v) is 33.7. The van der Waals surface area contributed by atoms with E-state index in [1.807, 2.05) is 0 Å². The second kappa shape index (κ2) is 19.3. The van der Waals surface area contributed by atoms with Crippen LogP contribution >= 0.6 is 0 Å². The highest BCUT2D eigenvalue weighted by molar-refractivity contribution is 5.76. The SMILES string of the molecule is CCCCCCCCCCCCCC[C@H](O)[C@H](O)[C@@H](COC1OC(CO)C(O)C(O)C1O)NC(=O)CCCCCCCCCCC12C3C4C5C3C1C5(C)C42. The fourth-order valence-corrected chi connectivity index (χ4v) is 13.3. The largest absolute Gasteiger partial charge is 0.394 e. The Bertz CT molecular complexity index is 1150. The summed E-state index contributed by atoms with van der Waals surface area (Å²) in [6.07, 6.45) is 16.2. The molecule has 0 bridgehead atoms. The molecule has 10 nitrogen and oxygen atoms in total. The average molecular weight is 764 g/mol. The molecule has 7 fully saturated rings. The van der Waals surface area contributed by atoms with Gasteiger partial charge in [0.15, 0.2) is 6.29 Å². The van der Waals surface area contributed by atoms with Crippen LogP contribution in [0.4, 0.5) is 0 Å². The Morgan fingerprint density at radius 3 is 1.81 bits per heavy atom. The second-order valence-electron chi connectivity index (χ2n) is 18.9. The molecule has 54 heavy (non-hydrogen) atoms. The maximum absolute atomic E-state index is 13.0. The van der Waals surface area contributed by atoms with Gasteiger partial charge in [-0.3, -0.25) is 4.79 Å². The van der Waals surface area contributed by atoms with E-state index in [-0.39, 0.29) is 12.5 Å². The van der Waals surface area contributed by atoms with Crippen LogP contribution in [0.25, 0.3) is 0 Å². The standard InChI is InChI=1S/C44H77NO9/c1-3-4-5-6-7-8-9-10-11-14-17-20-23-29(47)36(49)28(27-53-42-39(52)38(51)37(50)30(26-46)54-42)45-31(48)24-21-18-15-12-13-16-19-22-25-44-35-32-34-33(35)41(44)43(34,2)40(32)44/h28-30,32-42,46-47,49-52H,3-27H2,1-2H3,(H,45,48)/t28-,29+,30?,32?,33?,34?,35?,36-,37?,38?,39?,40?,41?,42?,43?,44?/m1/s1. The lowest BCUT2D eigenvalue weighted by molar-refractivity contribution is -0.656. The fourth-order valence-electron chi connectivity index (χ4n) is 13.3. The number of carbonyl (C=O) groups excluding carboxylic acids is 1. The Morgan fingerprint density at radius 1 is 0.722 bits per heavy atom. The van der Waals surface area contributed by atoms with Gasteiger partial charge in [0, 0.05) is 6.42 Å². The number of hydrogen-bond acceptors (Lipinski definition) is 9. The first-order valence-electron chi connectivity index (χ1n) is 22.7. The minimum absolute atomic E-state index is 0.245. The number of hydrogen-bond donors (Lipinski definition) is 7. The molecule has 0 spiro atoms. The molecule has 12 atom stereocenters. The minimum Gasteiger partial charge on any atom is -0.394 e.